The van der Waals surface area contributed by atoms with Crippen LogP contribution in [0, 0.1) is 5.92 Å². The van der Waals surface area contributed by atoms with Gasteiger partial charge < -0.3 is 16.0 Å². The molecule has 4 nitrogen and oxygen atoms in total. The first-order chi connectivity index (χ1) is 7.45. The van der Waals surface area contributed by atoms with E-state index >= 15 is 0 Å². The highest BCUT2D eigenvalue weighted by Gasteiger charge is 2.09. The molecule has 0 saturated heterocycles. The van der Waals surface area contributed by atoms with Crippen LogP contribution in [0.25, 0.3) is 0 Å². The second-order valence-electron chi connectivity index (χ2n) is 4.33. The van der Waals surface area contributed by atoms with Gasteiger partial charge >= 0.3 is 0 Å². The molecule has 3 N–H and O–H groups in total. The summed E-state index contributed by atoms with van der Waals surface area (Å²) in [6.45, 7) is 6.89. The van der Waals surface area contributed by atoms with Crippen molar-refractivity contribution >= 4 is 23.1 Å². The van der Waals surface area contributed by atoms with Crippen molar-refractivity contribution in [3.63, 3.8) is 0 Å². The van der Waals surface area contributed by atoms with Crippen LogP contribution in [0.5, 0.6) is 0 Å². The summed E-state index contributed by atoms with van der Waals surface area (Å²) in [5.41, 5.74) is 5.48. The zero-order chi connectivity index (χ0) is 12.6. The zero-order valence-corrected chi connectivity index (χ0v) is 11.3. The maximum atomic E-state index is 11.2. The molecule has 0 aliphatic rings. The van der Waals surface area contributed by atoms with E-state index < -0.39 is 0 Å². The number of hydrogen-bond donors (Lipinski definition) is 2. The van der Waals surface area contributed by atoms with E-state index in [1.54, 1.807) is 7.05 Å². The lowest BCUT2D eigenvalue weighted by Gasteiger charge is -2.23. The first-order valence-corrected chi connectivity index (χ1v) is 6.07. The van der Waals surface area contributed by atoms with Gasteiger partial charge in [-0.25, -0.2) is 0 Å². The first-order valence-electron chi connectivity index (χ1n) is 5.67. The number of carbonyl (C=O) groups is 1. The van der Waals surface area contributed by atoms with Crippen LogP contribution >= 0.6 is 12.2 Å². The van der Waals surface area contributed by atoms with Gasteiger partial charge in [0.15, 0.2) is 0 Å². The Kier molecular flexibility index (Phi) is 8.11. The molecule has 0 spiro atoms. The lowest BCUT2D eigenvalue weighted by Crippen LogP contribution is -2.34. The summed E-state index contributed by atoms with van der Waals surface area (Å²) in [5.74, 6) is 0.653. The fourth-order valence-corrected chi connectivity index (χ4v) is 1.56. The lowest BCUT2D eigenvalue weighted by molar-refractivity contribution is -0.120. The number of thiocarbonyl (C=S) groups is 1. The molecule has 0 aliphatic heterocycles. The molecule has 0 aromatic rings. The van der Waals surface area contributed by atoms with E-state index in [1.807, 2.05) is 0 Å². The SMILES string of the molecule is CNC(=O)CCN(CCC(N)=S)CC(C)C. The van der Waals surface area contributed by atoms with Crippen LogP contribution in [0.15, 0.2) is 0 Å². The van der Waals surface area contributed by atoms with Crippen LogP contribution in [0.4, 0.5) is 0 Å². The van der Waals surface area contributed by atoms with Crippen LogP contribution in [-0.2, 0) is 4.79 Å². The molecule has 0 aliphatic carbocycles. The number of nitrogens with one attached hydrogen (secondary N) is 1. The van der Waals surface area contributed by atoms with Gasteiger partial charge in [0.1, 0.15) is 0 Å². The van der Waals surface area contributed by atoms with Gasteiger partial charge in [0.25, 0.3) is 0 Å². The van der Waals surface area contributed by atoms with E-state index in [9.17, 15) is 4.79 Å². The smallest absolute Gasteiger partial charge is 0.221 e. The van der Waals surface area contributed by atoms with Crippen LogP contribution in [-0.4, -0.2) is 42.5 Å². The highest BCUT2D eigenvalue weighted by molar-refractivity contribution is 7.80. The summed E-state index contributed by atoms with van der Waals surface area (Å²) in [6, 6.07) is 0. The molecule has 0 saturated carbocycles. The predicted octanol–water partition coefficient (Wildman–Crippen LogP) is 0.757. The van der Waals surface area contributed by atoms with Gasteiger partial charge in [0, 0.05) is 39.5 Å². The van der Waals surface area contributed by atoms with Gasteiger partial charge in [-0.2, -0.15) is 0 Å². The first kappa shape index (κ1) is 15.3. The second-order valence-corrected chi connectivity index (χ2v) is 4.86. The number of nitrogens with two attached hydrogens (primary N) is 1. The van der Waals surface area contributed by atoms with E-state index in [4.69, 9.17) is 18.0 Å². The second kappa shape index (κ2) is 8.47. The Bertz CT molecular complexity index is 231. The van der Waals surface area contributed by atoms with Crippen molar-refractivity contribution in [2.24, 2.45) is 11.7 Å². The standard InChI is InChI=1S/C11H23N3OS/c1-9(2)8-14(6-4-10(12)16)7-5-11(15)13-3/h9H,4-8H2,1-3H3,(H2,12,16)(H,13,15). The van der Waals surface area contributed by atoms with Crippen molar-refractivity contribution in [3.05, 3.63) is 0 Å². The minimum absolute atomic E-state index is 0.0732. The molecule has 0 fully saturated rings. The fourth-order valence-electron chi connectivity index (χ4n) is 1.46. The number of hydrogen-bond acceptors (Lipinski definition) is 3. The third-order valence-electron chi connectivity index (χ3n) is 2.23. The van der Waals surface area contributed by atoms with E-state index in [0.717, 1.165) is 26.1 Å². The molecule has 0 unspecified atom stereocenters. The summed E-state index contributed by atoms with van der Waals surface area (Å²) in [4.78, 5) is 13.9. The van der Waals surface area contributed by atoms with E-state index in [1.165, 1.54) is 0 Å². The van der Waals surface area contributed by atoms with E-state index in [0.29, 0.717) is 17.3 Å². The van der Waals surface area contributed by atoms with Crippen molar-refractivity contribution in [2.45, 2.75) is 26.7 Å². The molecule has 0 aromatic carbocycles. The van der Waals surface area contributed by atoms with Gasteiger partial charge in [-0.1, -0.05) is 26.1 Å². The lowest BCUT2D eigenvalue weighted by atomic mass is 10.2. The largest absolute Gasteiger partial charge is 0.393 e. The number of carbonyl (C=O) groups excluding carboxylic acids is 1. The Morgan fingerprint density at radius 1 is 1.38 bits per heavy atom. The minimum Gasteiger partial charge on any atom is -0.393 e. The average Bonchev–Trinajstić information content (AvgIpc) is 2.20. The highest BCUT2D eigenvalue weighted by Crippen LogP contribution is 2.01. The van der Waals surface area contributed by atoms with Gasteiger partial charge in [-0.3, -0.25) is 4.79 Å². The predicted molar refractivity (Wildman–Crippen MR) is 71.4 cm³/mol. The van der Waals surface area contributed by atoms with Gasteiger partial charge in [0.2, 0.25) is 5.91 Å². The summed E-state index contributed by atoms with van der Waals surface area (Å²) in [5, 5.41) is 2.62. The Hall–Kier alpha value is -0.680. The molecule has 1 amide bonds. The molecule has 0 heterocycles. The Morgan fingerprint density at radius 2 is 1.94 bits per heavy atom. The van der Waals surface area contributed by atoms with Crippen molar-refractivity contribution < 1.29 is 4.79 Å². The normalized spacial score (nSPS) is 10.8. The van der Waals surface area contributed by atoms with E-state index in [2.05, 4.69) is 24.1 Å². The maximum Gasteiger partial charge on any atom is 0.221 e. The zero-order valence-electron chi connectivity index (χ0n) is 10.5. The topological polar surface area (TPSA) is 58.4 Å². The molecular weight excluding hydrogens is 222 g/mol. The third kappa shape index (κ3) is 8.61. The molecule has 0 bridgehead atoms. The molecule has 5 heteroatoms. The number of rotatable bonds is 8. The third-order valence-corrected chi connectivity index (χ3v) is 2.44. The molecule has 0 atom stereocenters. The van der Waals surface area contributed by atoms with Crippen molar-refractivity contribution in [1.82, 2.24) is 10.2 Å². The van der Waals surface area contributed by atoms with Gasteiger partial charge in [-0.15, -0.1) is 0 Å². The van der Waals surface area contributed by atoms with Crippen LogP contribution in [0.2, 0.25) is 0 Å². The van der Waals surface area contributed by atoms with Gasteiger partial charge in [-0.05, 0) is 5.92 Å². The van der Waals surface area contributed by atoms with E-state index in [-0.39, 0.29) is 5.91 Å². The summed E-state index contributed by atoms with van der Waals surface area (Å²) >= 11 is 4.86. The monoisotopic (exact) mass is 245 g/mol. The van der Waals surface area contributed by atoms with Gasteiger partial charge in [0.05, 0.1) is 4.99 Å². The summed E-state index contributed by atoms with van der Waals surface area (Å²) in [7, 11) is 1.66. The number of amides is 1. The Balaban J connectivity index is 3.99. The van der Waals surface area contributed by atoms with Crippen molar-refractivity contribution in [2.75, 3.05) is 26.7 Å². The van der Waals surface area contributed by atoms with Crippen LogP contribution in [0.3, 0.4) is 0 Å². The summed E-state index contributed by atoms with van der Waals surface area (Å²) < 4.78 is 0. The quantitative estimate of drug-likeness (QED) is 0.620. The average molecular weight is 245 g/mol. The van der Waals surface area contributed by atoms with Crippen molar-refractivity contribution in [3.8, 4) is 0 Å². The molecule has 16 heavy (non-hydrogen) atoms. The minimum atomic E-state index is 0.0732. The maximum absolute atomic E-state index is 11.2. The van der Waals surface area contributed by atoms with Crippen molar-refractivity contribution in [1.29, 1.82) is 0 Å². The Morgan fingerprint density at radius 3 is 2.38 bits per heavy atom. The molecular formula is C11H23N3OS. The van der Waals surface area contributed by atoms with Crippen LogP contribution in [0.1, 0.15) is 26.7 Å². The summed E-state index contributed by atoms with van der Waals surface area (Å²) in [6.07, 6.45) is 1.25. The van der Waals surface area contributed by atoms with Crippen LogP contribution < -0.4 is 11.1 Å². The molecule has 0 radical (unpaired) electrons. The molecule has 94 valence electrons. The molecule has 0 rings (SSSR count). The highest BCUT2D eigenvalue weighted by atomic mass is 32.1. The fraction of sp³-hybridized carbons (Fsp3) is 0.818. The molecule has 0 aromatic heterocycles. The number of nitrogens with zero attached hydrogens (tertiary/aromatic N) is 1. The Labute approximate surface area is 104 Å².